The number of aliphatic hydroxyl groups is 2. The quantitative estimate of drug-likeness (QED) is 0.350. The Balaban J connectivity index is 0. The number of nitrogens with two attached hydrogens (primary N) is 2. The standard InChI is InChI=1S/C4H12N2O.C2H6O2/c5-1-3-7-4-2-6;3-1-2-4/h1-6H2;3-4H,1-2H2. The molecule has 0 aromatic rings. The van der Waals surface area contributed by atoms with E-state index in [0.717, 1.165) is 0 Å². The lowest BCUT2D eigenvalue weighted by Gasteiger charge is -1.95. The topological polar surface area (TPSA) is 102 Å². The fraction of sp³-hybridized carbons (Fsp3) is 1.00. The van der Waals surface area contributed by atoms with Crippen molar-refractivity contribution in [1.82, 2.24) is 0 Å². The Morgan fingerprint density at radius 2 is 1.27 bits per heavy atom. The number of hydrogen-bond acceptors (Lipinski definition) is 5. The normalized spacial score (nSPS) is 8.73. The van der Waals surface area contributed by atoms with Gasteiger partial charge < -0.3 is 26.4 Å². The molecule has 0 aromatic heterocycles. The van der Waals surface area contributed by atoms with E-state index in [1.54, 1.807) is 0 Å². The van der Waals surface area contributed by atoms with Crippen molar-refractivity contribution in [2.24, 2.45) is 11.5 Å². The second kappa shape index (κ2) is 16.4. The van der Waals surface area contributed by atoms with Crippen LogP contribution in [0.15, 0.2) is 0 Å². The molecule has 0 radical (unpaired) electrons. The molecule has 0 rings (SSSR count). The highest BCUT2D eigenvalue weighted by Gasteiger charge is 1.77. The van der Waals surface area contributed by atoms with E-state index in [9.17, 15) is 0 Å². The number of aliphatic hydroxyl groups excluding tert-OH is 2. The highest BCUT2D eigenvalue weighted by molar-refractivity contribution is 4.31. The zero-order chi connectivity index (χ0) is 8.95. The first-order chi connectivity index (χ1) is 5.33. The van der Waals surface area contributed by atoms with E-state index in [-0.39, 0.29) is 13.2 Å². The summed E-state index contributed by atoms with van der Waals surface area (Å²) in [6, 6.07) is 0. The maximum Gasteiger partial charge on any atom is 0.0662 e. The fourth-order valence-electron chi connectivity index (χ4n) is 0.269. The van der Waals surface area contributed by atoms with Crippen molar-refractivity contribution in [1.29, 1.82) is 0 Å². The molecular weight excluding hydrogens is 148 g/mol. The molecule has 5 heteroatoms. The van der Waals surface area contributed by atoms with Crippen LogP contribution < -0.4 is 11.5 Å². The second-order valence-electron chi connectivity index (χ2n) is 1.64. The molecular formula is C6H18N2O3. The molecule has 0 unspecified atom stereocenters. The summed E-state index contributed by atoms with van der Waals surface area (Å²) >= 11 is 0. The summed E-state index contributed by atoms with van der Waals surface area (Å²) in [4.78, 5) is 0. The monoisotopic (exact) mass is 166 g/mol. The molecule has 0 aliphatic rings. The molecule has 0 bridgehead atoms. The SMILES string of the molecule is NCCOCCN.OCCO. The average molecular weight is 166 g/mol. The van der Waals surface area contributed by atoms with Crippen molar-refractivity contribution >= 4 is 0 Å². The number of rotatable bonds is 5. The third-order valence-electron chi connectivity index (χ3n) is 0.624. The van der Waals surface area contributed by atoms with Gasteiger partial charge in [0.15, 0.2) is 0 Å². The first-order valence-corrected chi connectivity index (χ1v) is 3.53. The van der Waals surface area contributed by atoms with Crippen LogP contribution in [0.2, 0.25) is 0 Å². The average Bonchev–Trinajstić information content (AvgIpc) is 2.06. The van der Waals surface area contributed by atoms with E-state index in [2.05, 4.69) is 0 Å². The van der Waals surface area contributed by atoms with Gasteiger partial charge in [0.2, 0.25) is 0 Å². The van der Waals surface area contributed by atoms with Gasteiger partial charge in [-0.1, -0.05) is 0 Å². The van der Waals surface area contributed by atoms with Crippen molar-refractivity contribution in [2.45, 2.75) is 0 Å². The number of hydrogen-bond donors (Lipinski definition) is 4. The van der Waals surface area contributed by atoms with Crippen molar-refractivity contribution in [3.8, 4) is 0 Å². The van der Waals surface area contributed by atoms with Crippen molar-refractivity contribution in [3.05, 3.63) is 0 Å². The van der Waals surface area contributed by atoms with Crippen LogP contribution in [-0.2, 0) is 4.74 Å². The Morgan fingerprint density at radius 3 is 1.45 bits per heavy atom. The Bertz CT molecular complexity index is 49.1. The zero-order valence-electron chi connectivity index (χ0n) is 6.70. The van der Waals surface area contributed by atoms with Gasteiger partial charge in [0, 0.05) is 13.1 Å². The minimum Gasteiger partial charge on any atom is -0.394 e. The van der Waals surface area contributed by atoms with Crippen LogP contribution in [0.5, 0.6) is 0 Å². The molecule has 11 heavy (non-hydrogen) atoms. The Labute approximate surface area is 67.0 Å². The minimum absolute atomic E-state index is 0.125. The maximum atomic E-state index is 7.62. The van der Waals surface area contributed by atoms with E-state index in [0.29, 0.717) is 26.3 Å². The van der Waals surface area contributed by atoms with Gasteiger partial charge in [-0.15, -0.1) is 0 Å². The van der Waals surface area contributed by atoms with Gasteiger partial charge in [-0.25, -0.2) is 0 Å². The molecule has 0 saturated carbocycles. The van der Waals surface area contributed by atoms with Gasteiger partial charge in [0.25, 0.3) is 0 Å². The zero-order valence-corrected chi connectivity index (χ0v) is 6.70. The van der Waals surface area contributed by atoms with Crippen molar-refractivity contribution < 1.29 is 14.9 Å². The lowest BCUT2D eigenvalue weighted by molar-refractivity contribution is 0.149. The summed E-state index contributed by atoms with van der Waals surface area (Å²) in [5, 5.41) is 15.2. The van der Waals surface area contributed by atoms with Gasteiger partial charge in [-0.2, -0.15) is 0 Å². The largest absolute Gasteiger partial charge is 0.394 e. The third-order valence-corrected chi connectivity index (χ3v) is 0.624. The van der Waals surface area contributed by atoms with E-state index >= 15 is 0 Å². The van der Waals surface area contributed by atoms with Gasteiger partial charge in [0.1, 0.15) is 0 Å². The van der Waals surface area contributed by atoms with Gasteiger partial charge in [-0.3, -0.25) is 0 Å². The van der Waals surface area contributed by atoms with E-state index in [4.69, 9.17) is 26.4 Å². The predicted octanol–water partition coefficient (Wildman–Crippen LogP) is -2.11. The second-order valence-corrected chi connectivity index (χ2v) is 1.64. The smallest absolute Gasteiger partial charge is 0.0662 e. The molecule has 0 atom stereocenters. The molecule has 0 aromatic carbocycles. The van der Waals surface area contributed by atoms with Crippen molar-refractivity contribution in [2.75, 3.05) is 39.5 Å². The summed E-state index contributed by atoms with van der Waals surface area (Å²) in [5.74, 6) is 0. The highest BCUT2D eigenvalue weighted by Crippen LogP contribution is 1.65. The lowest BCUT2D eigenvalue weighted by atomic mass is 10.7. The molecule has 5 nitrogen and oxygen atoms in total. The molecule has 0 amide bonds. The summed E-state index contributed by atoms with van der Waals surface area (Å²) in [5.41, 5.74) is 10.2. The maximum absolute atomic E-state index is 7.62. The van der Waals surface area contributed by atoms with Crippen LogP contribution in [0.25, 0.3) is 0 Å². The highest BCUT2D eigenvalue weighted by atomic mass is 16.5. The molecule has 0 aliphatic heterocycles. The van der Waals surface area contributed by atoms with Crippen LogP contribution in [0.1, 0.15) is 0 Å². The first kappa shape index (κ1) is 13.4. The Hall–Kier alpha value is -0.200. The first-order valence-electron chi connectivity index (χ1n) is 3.53. The van der Waals surface area contributed by atoms with Crippen LogP contribution in [0, 0.1) is 0 Å². The van der Waals surface area contributed by atoms with Crippen LogP contribution >= 0.6 is 0 Å². The molecule has 0 fully saturated rings. The third kappa shape index (κ3) is 25.9. The van der Waals surface area contributed by atoms with Gasteiger partial charge >= 0.3 is 0 Å². The summed E-state index contributed by atoms with van der Waals surface area (Å²) in [6.07, 6.45) is 0. The summed E-state index contributed by atoms with van der Waals surface area (Å²) in [7, 11) is 0. The number of ether oxygens (including phenoxy) is 1. The summed E-state index contributed by atoms with van der Waals surface area (Å²) in [6.45, 7) is 2.16. The van der Waals surface area contributed by atoms with E-state index in [1.807, 2.05) is 0 Å². The lowest BCUT2D eigenvalue weighted by Crippen LogP contribution is -2.13. The van der Waals surface area contributed by atoms with Gasteiger partial charge in [-0.05, 0) is 0 Å². The Kier molecular flexibility index (Phi) is 20.0. The fourth-order valence-corrected chi connectivity index (χ4v) is 0.269. The molecule has 0 spiro atoms. The van der Waals surface area contributed by atoms with Crippen LogP contribution in [0.3, 0.4) is 0 Å². The Morgan fingerprint density at radius 1 is 0.909 bits per heavy atom. The van der Waals surface area contributed by atoms with Gasteiger partial charge in [0.05, 0.1) is 26.4 Å². The predicted molar refractivity (Wildman–Crippen MR) is 43.1 cm³/mol. The van der Waals surface area contributed by atoms with E-state index in [1.165, 1.54) is 0 Å². The minimum atomic E-state index is -0.125. The summed E-state index contributed by atoms with van der Waals surface area (Å²) < 4.78 is 4.88. The molecule has 0 saturated heterocycles. The van der Waals surface area contributed by atoms with Crippen molar-refractivity contribution in [3.63, 3.8) is 0 Å². The molecule has 70 valence electrons. The van der Waals surface area contributed by atoms with E-state index < -0.39 is 0 Å². The van der Waals surface area contributed by atoms with Crippen LogP contribution in [-0.4, -0.2) is 49.7 Å². The van der Waals surface area contributed by atoms with Crippen LogP contribution in [0.4, 0.5) is 0 Å². The molecule has 0 aliphatic carbocycles. The molecule has 6 N–H and O–H groups in total. The molecule has 0 heterocycles.